The van der Waals surface area contributed by atoms with Crippen LogP contribution in [0.5, 0.6) is 0 Å². The maximum atomic E-state index is 12.6. The number of likely N-dealkylation sites (tertiary alicyclic amines) is 1. The van der Waals surface area contributed by atoms with Crippen LogP contribution in [0.25, 0.3) is 0 Å². The molecule has 1 aliphatic rings. The van der Waals surface area contributed by atoms with Gasteiger partial charge in [-0.2, -0.15) is 0 Å². The molecule has 0 atom stereocenters. The minimum absolute atomic E-state index is 0.00669. The fraction of sp³-hybridized carbons (Fsp3) is 0.238. The molecule has 2 aromatic carbocycles. The standard InChI is InChI=1S/C21H21N3O/c25-20(24-16-13-22-17-24)23-14-11-21(12-15-23,18-7-3-1-4-8-18)19-9-5-2-6-10-19/h1-10,13,16-17H,11-12,14-15H2. The van der Waals surface area contributed by atoms with Crippen molar-refractivity contribution in [2.45, 2.75) is 18.3 Å². The summed E-state index contributed by atoms with van der Waals surface area (Å²) < 4.78 is 1.55. The second-order valence-corrected chi connectivity index (χ2v) is 6.55. The number of hydrogen-bond acceptors (Lipinski definition) is 2. The minimum Gasteiger partial charge on any atom is -0.324 e. The summed E-state index contributed by atoms with van der Waals surface area (Å²) >= 11 is 0. The number of carbonyl (C=O) groups is 1. The fourth-order valence-electron chi connectivity index (χ4n) is 3.87. The van der Waals surface area contributed by atoms with Crippen LogP contribution in [0.15, 0.2) is 79.4 Å². The van der Waals surface area contributed by atoms with E-state index in [1.807, 2.05) is 4.90 Å². The maximum Gasteiger partial charge on any atom is 0.329 e. The van der Waals surface area contributed by atoms with Crippen molar-refractivity contribution in [1.82, 2.24) is 14.5 Å². The molecule has 1 aliphatic heterocycles. The maximum absolute atomic E-state index is 12.6. The summed E-state index contributed by atoms with van der Waals surface area (Å²) in [6.07, 6.45) is 6.75. The molecule has 4 heteroatoms. The Hall–Kier alpha value is -2.88. The van der Waals surface area contributed by atoms with Crippen molar-refractivity contribution in [1.29, 1.82) is 0 Å². The van der Waals surface area contributed by atoms with E-state index in [1.54, 1.807) is 23.3 Å². The summed E-state index contributed by atoms with van der Waals surface area (Å²) in [4.78, 5) is 18.5. The van der Waals surface area contributed by atoms with Crippen LogP contribution in [0.1, 0.15) is 24.0 Å². The average Bonchev–Trinajstić information content (AvgIpc) is 3.24. The summed E-state index contributed by atoms with van der Waals surface area (Å²) in [7, 11) is 0. The van der Waals surface area contributed by atoms with Gasteiger partial charge in [0.25, 0.3) is 0 Å². The van der Waals surface area contributed by atoms with E-state index in [4.69, 9.17) is 0 Å². The number of imidazole rings is 1. The van der Waals surface area contributed by atoms with E-state index in [0.717, 1.165) is 25.9 Å². The van der Waals surface area contributed by atoms with E-state index in [0.29, 0.717) is 0 Å². The van der Waals surface area contributed by atoms with Crippen LogP contribution in [0.4, 0.5) is 4.79 Å². The number of rotatable bonds is 2. The van der Waals surface area contributed by atoms with Gasteiger partial charge in [-0.15, -0.1) is 0 Å². The Morgan fingerprint density at radius 2 is 1.44 bits per heavy atom. The highest BCUT2D eigenvalue weighted by Crippen LogP contribution is 2.41. The van der Waals surface area contributed by atoms with E-state index in [2.05, 4.69) is 65.6 Å². The smallest absolute Gasteiger partial charge is 0.324 e. The molecular weight excluding hydrogens is 310 g/mol. The molecule has 4 rings (SSSR count). The molecule has 126 valence electrons. The molecule has 4 nitrogen and oxygen atoms in total. The van der Waals surface area contributed by atoms with Crippen LogP contribution in [-0.4, -0.2) is 33.6 Å². The van der Waals surface area contributed by atoms with Crippen LogP contribution in [-0.2, 0) is 5.41 Å². The van der Waals surface area contributed by atoms with Crippen molar-refractivity contribution in [2.75, 3.05) is 13.1 Å². The van der Waals surface area contributed by atoms with Gasteiger partial charge >= 0.3 is 6.03 Å². The highest BCUT2D eigenvalue weighted by molar-refractivity contribution is 5.76. The predicted octanol–water partition coefficient (Wildman–Crippen LogP) is 3.93. The third-order valence-electron chi connectivity index (χ3n) is 5.27. The Labute approximate surface area is 147 Å². The van der Waals surface area contributed by atoms with E-state index in [1.165, 1.54) is 11.1 Å². The Morgan fingerprint density at radius 3 is 1.92 bits per heavy atom. The van der Waals surface area contributed by atoms with Gasteiger partial charge < -0.3 is 4.90 Å². The van der Waals surface area contributed by atoms with Crippen LogP contribution in [0.3, 0.4) is 0 Å². The van der Waals surface area contributed by atoms with Crippen LogP contribution < -0.4 is 0 Å². The Balaban J connectivity index is 1.63. The van der Waals surface area contributed by atoms with E-state index in [-0.39, 0.29) is 11.4 Å². The topological polar surface area (TPSA) is 38.1 Å². The molecule has 0 spiro atoms. The first kappa shape index (κ1) is 15.6. The van der Waals surface area contributed by atoms with E-state index < -0.39 is 0 Å². The molecule has 3 aromatic rings. The number of hydrogen-bond donors (Lipinski definition) is 0. The lowest BCUT2D eigenvalue weighted by Crippen LogP contribution is -2.46. The fourth-order valence-corrected chi connectivity index (χ4v) is 3.87. The SMILES string of the molecule is O=C(N1CCC(c2ccccc2)(c2ccccc2)CC1)n1ccnc1. The number of nitrogens with zero attached hydrogens (tertiary/aromatic N) is 3. The van der Waals surface area contributed by atoms with Crippen molar-refractivity contribution < 1.29 is 4.79 Å². The van der Waals surface area contributed by atoms with Crippen LogP contribution >= 0.6 is 0 Å². The zero-order valence-electron chi connectivity index (χ0n) is 14.1. The first-order valence-corrected chi connectivity index (χ1v) is 8.68. The second-order valence-electron chi connectivity index (χ2n) is 6.55. The molecular formula is C21H21N3O. The minimum atomic E-state index is -0.0335. The van der Waals surface area contributed by atoms with Crippen molar-refractivity contribution in [3.05, 3.63) is 90.5 Å². The molecule has 0 N–H and O–H groups in total. The first-order valence-electron chi connectivity index (χ1n) is 8.68. The molecule has 2 heterocycles. The molecule has 1 saturated heterocycles. The number of piperidine rings is 1. The second kappa shape index (κ2) is 6.55. The third kappa shape index (κ3) is 2.84. The predicted molar refractivity (Wildman–Crippen MR) is 97.5 cm³/mol. The van der Waals surface area contributed by atoms with Gasteiger partial charge in [0.15, 0.2) is 0 Å². The van der Waals surface area contributed by atoms with Gasteiger partial charge in [-0.1, -0.05) is 60.7 Å². The monoisotopic (exact) mass is 331 g/mol. The zero-order chi connectivity index (χ0) is 17.1. The van der Waals surface area contributed by atoms with Gasteiger partial charge in [-0.25, -0.2) is 9.78 Å². The zero-order valence-corrected chi connectivity index (χ0v) is 14.1. The molecule has 1 fully saturated rings. The molecule has 0 unspecified atom stereocenters. The van der Waals surface area contributed by atoms with Crippen molar-refractivity contribution in [3.63, 3.8) is 0 Å². The molecule has 1 aromatic heterocycles. The molecule has 0 bridgehead atoms. The van der Waals surface area contributed by atoms with Gasteiger partial charge in [0.2, 0.25) is 0 Å². The van der Waals surface area contributed by atoms with Crippen molar-refractivity contribution in [3.8, 4) is 0 Å². The number of benzene rings is 2. The molecule has 1 amide bonds. The summed E-state index contributed by atoms with van der Waals surface area (Å²) in [5.41, 5.74) is 2.63. The molecule has 0 saturated carbocycles. The van der Waals surface area contributed by atoms with Gasteiger partial charge in [0, 0.05) is 30.9 Å². The van der Waals surface area contributed by atoms with Crippen LogP contribution in [0, 0.1) is 0 Å². The average molecular weight is 331 g/mol. The largest absolute Gasteiger partial charge is 0.329 e. The molecule has 0 radical (unpaired) electrons. The lowest BCUT2D eigenvalue weighted by Gasteiger charge is -2.42. The van der Waals surface area contributed by atoms with Crippen molar-refractivity contribution >= 4 is 6.03 Å². The van der Waals surface area contributed by atoms with Gasteiger partial charge in [-0.05, 0) is 24.0 Å². The summed E-state index contributed by atoms with van der Waals surface area (Å²) in [6.45, 7) is 1.47. The lowest BCUT2D eigenvalue weighted by atomic mass is 9.68. The Bertz CT molecular complexity index is 779. The van der Waals surface area contributed by atoms with E-state index >= 15 is 0 Å². The molecule has 0 aliphatic carbocycles. The lowest BCUT2D eigenvalue weighted by molar-refractivity contribution is 0.169. The highest BCUT2D eigenvalue weighted by atomic mass is 16.2. The van der Waals surface area contributed by atoms with Gasteiger partial charge in [0.05, 0.1) is 0 Å². The quantitative estimate of drug-likeness (QED) is 0.713. The summed E-state index contributed by atoms with van der Waals surface area (Å²) in [5.74, 6) is 0. The first-order chi connectivity index (χ1) is 12.3. The van der Waals surface area contributed by atoms with E-state index in [9.17, 15) is 4.79 Å². The van der Waals surface area contributed by atoms with Crippen LogP contribution in [0.2, 0.25) is 0 Å². The number of amides is 1. The van der Waals surface area contributed by atoms with Gasteiger partial charge in [0.1, 0.15) is 6.33 Å². The van der Waals surface area contributed by atoms with Gasteiger partial charge in [-0.3, -0.25) is 4.57 Å². The normalized spacial score (nSPS) is 16.6. The van der Waals surface area contributed by atoms with Crippen molar-refractivity contribution in [2.24, 2.45) is 0 Å². The number of carbonyl (C=O) groups excluding carboxylic acids is 1. The Morgan fingerprint density at radius 1 is 0.880 bits per heavy atom. The summed E-state index contributed by atoms with van der Waals surface area (Å²) in [5, 5.41) is 0. The number of aromatic nitrogens is 2. The highest BCUT2D eigenvalue weighted by Gasteiger charge is 2.38. The Kier molecular flexibility index (Phi) is 4.10. The summed E-state index contributed by atoms with van der Waals surface area (Å²) in [6, 6.07) is 21.4. The molecule has 25 heavy (non-hydrogen) atoms. The third-order valence-corrected chi connectivity index (χ3v) is 5.27.